The SMILES string of the molecule is Cc1nn(C(C)(C)C)c2nc(C3CC3)cc(C(=O)N3CCOc4ncccc43)c12. The summed E-state index contributed by atoms with van der Waals surface area (Å²) in [4.78, 5) is 24.8. The minimum absolute atomic E-state index is 0.0478. The standard InChI is InChI=1S/C22H25N5O2/c1-13-18-15(21(28)26-10-11-29-20-17(26)6-5-9-23-20)12-16(14-7-8-14)24-19(18)27(25-13)22(2,3)4/h5-6,9,12,14H,7-8,10-11H2,1-4H3. The number of carbonyl (C=O) groups excluding carboxylic acids is 1. The lowest BCUT2D eigenvalue weighted by Crippen LogP contribution is -2.38. The van der Waals surface area contributed by atoms with E-state index in [0.29, 0.717) is 36.2 Å². The third kappa shape index (κ3) is 2.96. The van der Waals surface area contributed by atoms with Gasteiger partial charge in [0.1, 0.15) is 12.3 Å². The summed E-state index contributed by atoms with van der Waals surface area (Å²) in [7, 11) is 0. The Morgan fingerprint density at radius 3 is 2.79 bits per heavy atom. The topological polar surface area (TPSA) is 73.1 Å². The molecule has 1 fully saturated rings. The van der Waals surface area contributed by atoms with Gasteiger partial charge in [-0.3, -0.25) is 4.79 Å². The minimum Gasteiger partial charge on any atom is -0.474 e. The molecule has 1 aliphatic carbocycles. The first-order valence-corrected chi connectivity index (χ1v) is 10.1. The zero-order valence-electron chi connectivity index (χ0n) is 17.3. The van der Waals surface area contributed by atoms with E-state index in [4.69, 9.17) is 14.8 Å². The number of hydrogen-bond donors (Lipinski definition) is 0. The number of fused-ring (bicyclic) bond motifs is 2. The van der Waals surface area contributed by atoms with Gasteiger partial charge in [-0.25, -0.2) is 14.6 Å². The summed E-state index contributed by atoms with van der Waals surface area (Å²) in [5.74, 6) is 0.892. The molecular weight excluding hydrogens is 366 g/mol. The zero-order valence-corrected chi connectivity index (χ0v) is 17.3. The fourth-order valence-corrected chi connectivity index (χ4v) is 3.94. The van der Waals surface area contributed by atoms with E-state index in [1.165, 1.54) is 0 Å². The van der Waals surface area contributed by atoms with E-state index in [1.54, 1.807) is 11.1 Å². The Balaban J connectivity index is 1.71. The van der Waals surface area contributed by atoms with E-state index in [0.717, 1.165) is 35.3 Å². The average Bonchev–Trinajstić information content (AvgIpc) is 3.49. The van der Waals surface area contributed by atoms with Crippen molar-refractivity contribution in [3.8, 4) is 5.88 Å². The van der Waals surface area contributed by atoms with Crippen LogP contribution in [0.3, 0.4) is 0 Å². The van der Waals surface area contributed by atoms with Crippen LogP contribution in [0.25, 0.3) is 11.0 Å². The number of pyridine rings is 2. The van der Waals surface area contributed by atoms with Crippen LogP contribution in [0, 0.1) is 6.92 Å². The highest BCUT2D eigenvalue weighted by Gasteiger charge is 2.33. The van der Waals surface area contributed by atoms with E-state index in [2.05, 4.69) is 25.8 Å². The molecule has 0 bridgehead atoms. The molecule has 7 heteroatoms. The Hall–Kier alpha value is -2.96. The summed E-state index contributed by atoms with van der Waals surface area (Å²) in [6.07, 6.45) is 3.93. The number of anilines is 1. The van der Waals surface area contributed by atoms with Crippen LogP contribution < -0.4 is 9.64 Å². The van der Waals surface area contributed by atoms with Gasteiger partial charge in [0, 0.05) is 17.8 Å². The number of carbonyl (C=O) groups is 1. The predicted octanol–water partition coefficient (Wildman–Crippen LogP) is 3.81. The highest BCUT2D eigenvalue weighted by molar-refractivity contribution is 6.14. The molecule has 0 radical (unpaired) electrons. The van der Waals surface area contributed by atoms with Crippen LogP contribution in [0.15, 0.2) is 24.4 Å². The van der Waals surface area contributed by atoms with Gasteiger partial charge in [0.05, 0.1) is 28.7 Å². The molecule has 0 unspecified atom stereocenters. The van der Waals surface area contributed by atoms with Crippen molar-refractivity contribution in [1.82, 2.24) is 19.7 Å². The summed E-state index contributed by atoms with van der Waals surface area (Å²) < 4.78 is 7.59. The van der Waals surface area contributed by atoms with Gasteiger partial charge in [-0.1, -0.05) is 0 Å². The molecule has 1 amide bonds. The number of amides is 1. The molecule has 0 aromatic carbocycles. The molecule has 5 rings (SSSR count). The molecule has 3 aromatic rings. The Bertz CT molecular complexity index is 1120. The molecule has 1 aliphatic heterocycles. The minimum atomic E-state index is -0.225. The predicted molar refractivity (Wildman–Crippen MR) is 111 cm³/mol. The maximum Gasteiger partial charge on any atom is 0.259 e. The molecule has 4 heterocycles. The molecular formula is C22H25N5O2. The average molecular weight is 391 g/mol. The van der Waals surface area contributed by atoms with Gasteiger partial charge in [-0.2, -0.15) is 5.10 Å². The molecule has 2 aliphatic rings. The number of aryl methyl sites for hydroxylation is 1. The van der Waals surface area contributed by atoms with Crippen LogP contribution >= 0.6 is 0 Å². The Morgan fingerprint density at radius 1 is 1.28 bits per heavy atom. The first-order valence-electron chi connectivity index (χ1n) is 10.1. The number of rotatable bonds is 2. The number of ether oxygens (including phenoxy) is 1. The van der Waals surface area contributed by atoms with E-state index in [1.807, 2.05) is 29.8 Å². The van der Waals surface area contributed by atoms with Crippen molar-refractivity contribution in [2.24, 2.45) is 0 Å². The van der Waals surface area contributed by atoms with Crippen LogP contribution in [-0.4, -0.2) is 38.8 Å². The smallest absolute Gasteiger partial charge is 0.259 e. The fourth-order valence-electron chi connectivity index (χ4n) is 3.94. The van der Waals surface area contributed by atoms with E-state index < -0.39 is 0 Å². The third-order valence-electron chi connectivity index (χ3n) is 5.53. The lowest BCUT2D eigenvalue weighted by molar-refractivity contribution is 0.0977. The van der Waals surface area contributed by atoms with Gasteiger partial charge in [0.25, 0.3) is 5.91 Å². The maximum atomic E-state index is 13.8. The first-order chi connectivity index (χ1) is 13.8. The van der Waals surface area contributed by atoms with Crippen LogP contribution in [-0.2, 0) is 5.54 Å². The second kappa shape index (κ2) is 6.27. The van der Waals surface area contributed by atoms with Crippen molar-refractivity contribution in [1.29, 1.82) is 0 Å². The molecule has 1 saturated carbocycles. The van der Waals surface area contributed by atoms with E-state index >= 15 is 0 Å². The Labute approximate surface area is 169 Å². The largest absolute Gasteiger partial charge is 0.474 e. The highest BCUT2D eigenvalue weighted by Crippen LogP contribution is 2.41. The second-order valence-corrected chi connectivity index (χ2v) is 8.87. The molecule has 0 spiro atoms. The molecule has 150 valence electrons. The van der Waals surface area contributed by atoms with Crippen LogP contribution in [0.5, 0.6) is 5.88 Å². The summed E-state index contributed by atoms with van der Waals surface area (Å²) >= 11 is 0. The quantitative estimate of drug-likeness (QED) is 0.664. The van der Waals surface area contributed by atoms with Crippen molar-refractivity contribution >= 4 is 22.6 Å². The molecule has 3 aromatic heterocycles. The van der Waals surface area contributed by atoms with Gasteiger partial charge in [-0.05, 0) is 58.7 Å². The zero-order chi connectivity index (χ0) is 20.3. The van der Waals surface area contributed by atoms with E-state index in [-0.39, 0.29) is 11.4 Å². The van der Waals surface area contributed by atoms with Gasteiger partial charge >= 0.3 is 0 Å². The van der Waals surface area contributed by atoms with E-state index in [9.17, 15) is 4.79 Å². The van der Waals surface area contributed by atoms with Crippen molar-refractivity contribution in [2.45, 2.75) is 52.0 Å². The van der Waals surface area contributed by atoms with Crippen LogP contribution in [0.1, 0.15) is 61.3 Å². The van der Waals surface area contributed by atoms with Crippen molar-refractivity contribution in [3.05, 3.63) is 41.3 Å². The summed E-state index contributed by atoms with van der Waals surface area (Å²) in [6, 6.07) is 5.69. The first kappa shape index (κ1) is 18.1. The number of nitrogens with zero attached hydrogens (tertiary/aromatic N) is 5. The van der Waals surface area contributed by atoms with Gasteiger partial charge in [-0.15, -0.1) is 0 Å². The Morgan fingerprint density at radius 2 is 2.07 bits per heavy atom. The molecule has 7 nitrogen and oxygen atoms in total. The van der Waals surface area contributed by atoms with Crippen LogP contribution in [0.4, 0.5) is 5.69 Å². The summed E-state index contributed by atoms with van der Waals surface area (Å²) in [6.45, 7) is 9.20. The molecule has 0 atom stereocenters. The van der Waals surface area contributed by atoms with Crippen LogP contribution in [0.2, 0.25) is 0 Å². The highest BCUT2D eigenvalue weighted by atomic mass is 16.5. The summed E-state index contributed by atoms with van der Waals surface area (Å²) in [5, 5.41) is 5.60. The summed E-state index contributed by atoms with van der Waals surface area (Å²) in [5.41, 5.74) is 3.77. The fraction of sp³-hybridized carbons (Fsp3) is 0.455. The third-order valence-corrected chi connectivity index (χ3v) is 5.53. The molecule has 29 heavy (non-hydrogen) atoms. The van der Waals surface area contributed by atoms with Gasteiger partial charge < -0.3 is 9.64 Å². The monoisotopic (exact) mass is 391 g/mol. The van der Waals surface area contributed by atoms with Crippen molar-refractivity contribution in [2.75, 3.05) is 18.1 Å². The normalized spacial score (nSPS) is 16.6. The van der Waals surface area contributed by atoms with Crippen molar-refractivity contribution in [3.63, 3.8) is 0 Å². The van der Waals surface area contributed by atoms with Crippen molar-refractivity contribution < 1.29 is 9.53 Å². The lowest BCUT2D eigenvalue weighted by atomic mass is 10.0. The molecule has 0 saturated heterocycles. The maximum absolute atomic E-state index is 13.8. The molecule has 0 N–H and O–H groups in total. The second-order valence-electron chi connectivity index (χ2n) is 8.87. The lowest BCUT2D eigenvalue weighted by Gasteiger charge is -2.29. The number of hydrogen-bond acceptors (Lipinski definition) is 5. The van der Waals surface area contributed by atoms with Gasteiger partial charge in [0.15, 0.2) is 5.65 Å². The Kier molecular flexibility index (Phi) is 3.91. The number of aromatic nitrogens is 4. The van der Waals surface area contributed by atoms with Gasteiger partial charge in [0.2, 0.25) is 5.88 Å².